The molecule has 2 rings (SSSR count). The molecule has 1 aromatic heterocycles. The van der Waals surface area contributed by atoms with Crippen LogP contribution in [-0.2, 0) is 5.60 Å². The molecule has 25 heavy (non-hydrogen) atoms. The van der Waals surface area contributed by atoms with E-state index < -0.39 is 16.6 Å². The normalized spacial score (nSPS) is 13.2. The summed E-state index contributed by atoms with van der Waals surface area (Å²) >= 11 is 0. The molecular formula is C17H21N3O5. The van der Waals surface area contributed by atoms with Gasteiger partial charge in [0.1, 0.15) is 17.1 Å². The van der Waals surface area contributed by atoms with Crippen molar-refractivity contribution in [1.29, 1.82) is 0 Å². The van der Waals surface area contributed by atoms with Gasteiger partial charge in [-0.15, -0.1) is 0 Å². The molecule has 0 bridgehead atoms. The van der Waals surface area contributed by atoms with Gasteiger partial charge in [0, 0.05) is 17.7 Å². The fourth-order valence-electron chi connectivity index (χ4n) is 2.54. The van der Waals surface area contributed by atoms with E-state index in [0.29, 0.717) is 28.3 Å². The summed E-state index contributed by atoms with van der Waals surface area (Å²) < 4.78 is 5.40. The molecule has 2 aromatic rings. The summed E-state index contributed by atoms with van der Waals surface area (Å²) in [6.07, 6.45) is 0. The van der Waals surface area contributed by atoms with Crippen LogP contribution in [0.15, 0.2) is 28.7 Å². The number of anilines is 1. The Morgan fingerprint density at radius 2 is 2.00 bits per heavy atom. The summed E-state index contributed by atoms with van der Waals surface area (Å²) in [7, 11) is 0. The number of nitro benzene ring substituents is 1. The quantitative estimate of drug-likeness (QED) is 0.567. The number of non-ortho nitro benzene ring substituents is 1. The first-order chi connectivity index (χ1) is 11.6. The highest BCUT2D eigenvalue weighted by atomic mass is 16.6. The number of aliphatic hydroxyl groups is 1. The number of amides is 2. The Hall–Kier alpha value is -2.87. The lowest BCUT2D eigenvalue weighted by Crippen LogP contribution is -2.40. The number of nitro groups is 1. The van der Waals surface area contributed by atoms with Crippen LogP contribution < -0.4 is 10.6 Å². The van der Waals surface area contributed by atoms with Gasteiger partial charge in [0.05, 0.1) is 17.2 Å². The lowest BCUT2D eigenvalue weighted by Gasteiger charge is -2.23. The third kappa shape index (κ3) is 4.36. The van der Waals surface area contributed by atoms with Gasteiger partial charge < -0.3 is 20.2 Å². The van der Waals surface area contributed by atoms with E-state index in [0.717, 1.165) is 0 Å². The second-order valence-corrected chi connectivity index (χ2v) is 6.16. The number of hydrogen-bond acceptors (Lipinski definition) is 5. The maximum absolute atomic E-state index is 12.1. The van der Waals surface area contributed by atoms with Crippen LogP contribution in [0.1, 0.15) is 29.6 Å². The number of benzene rings is 1. The summed E-state index contributed by atoms with van der Waals surface area (Å²) in [6, 6.07) is 5.37. The fourth-order valence-corrected chi connectivity index (χ4v) is 2.54. The summed E-state index contributed by atoms with van der Waals surface area (Å²) in [5.41, 5.74) is 0.196. The minimum Gasteiger partial charge on any atom is -0.466 e. The number of furan rings is 1. The van der Waals surface area contributed by atoms with E-state index in [-0.39, 0.29) is 12.2 Å². The van der Waals surface area contributed by atoms with Gasteiger partial charge >= 0.3 is 6.03 Å². The van der Waals surface area contributed by atoms with Crippen LogP contribution in [-0.4, -0.2) is 22.6 Å². The molecule has 0 aliphatic carbocycles. The van der Waals surface area contributed by atoms with Crippen LogP contribution in [0.5, 0.6) is 0 Å². The second-order valence-electron chi connectivity index (χ2n) is 6.16. The SMILES string of the molecule is Cc1cc([C@@](C)(O)CNC(=O)Nc2cc([N+](=O)[O-])ccc2C)c(C)o1. The van der Waals surface area contributed by atoms with Gasteiger partial charge in [-0.2, -0.15) is 0 Å². The molecule has 2 amide bonds. The average Bonchev–Trinajstić information content (AvgIpc) is 2.87. The Bertz CT molecular complexity index is 811. The lowest BCUT2D eigenvalue weighted by molar-refractivity contribution is -0.384. The topological polar surface area (TPSA) is 118 Å². The zero-order valence-corrected chi connectivity index (χ0v) is 14.5. The Labute approximate surface area is 145 Å². The van der Waals surface area contributed by atoms with E-state index in [2.05, 4.69) is 10.6 Å². The molecule has 1 atom stereocenters. The molecule has 1 aromatic carbocycles. The van der Waals surface area contributed by atoms with Crippen molar-refractivity contribution in [3.8, 4) is 0 Å². The van der Waals surface area contributed by atoms with Crippen molar-refractivity contribution in [2.75, 3.05) is 11.9 Å². The summed E-state index contributed by atoms with van der Waals surface area (Å²) in [6.45, 7) is 6.77. The number of hydrogen-bond donors (Lipinski definition) is 3. The Morgan fingerprint density at radius 3 is 2.56 bits per heavy atom. The van der Waals surface area contributed by atoms with Crippen molar-refractivity contribution < 1.29 is 19.2 Å². The molecule has 3 N–H and O–H groups in total. The van der Waals surface area contributed by atoms with Gasteiger partial charge in [-0.05, 0) is 39.3 Å². The number of carbonyl (C=O) groups excluding carboxylic acids is 1. The van der Waals surface area contributed by atoms with Crippen molar-refractivity contribution in [2.24, 2.45) is 0 Å². The largest absolute Gasteiger partial charge is 0.466 e. The van der Waals surface area contributed by atoms with E-state index in [1.165, 1.54) is 12.1 Å². The minimum atomic E-state index is -1.31. The maximum Gasteiger partial charge on any atom is 0.319 e. The van der Waals surface area contributed by atoms with Gasteiger partial charge in [-0.25, -0.2) is 4.79 Å². The Kier molecular flexibility index (Phi) is 5.13. The fraction of sp³-hybridized carbons (Fsp3) is 0.353. The van der Waals surface area contributed by atoms with Gasteiger partial charge in [-0.1, -0.05) is 6.07 Å². The monoisotopic (exact) mass is 347 g/mol. The van der Waals surface area contributed by atoms with Crippen molar-refractivity contribution in [1.82, 2.24) is 5.32 Å². The standard InChI is InChI=1S/C17H21N3O5/c1-10-5-6-13(20(23)24)8-15(10)19-16(21)18-9-17(4,22)14-7-11(2)25-12(14)3/h5-8,22H,9H2,1-4H3,(H2,18,19,21)/t17-/m0/s1. The van der Waals surface area contributed by atoms with Crippen LogP contribution >= 0.6 is 0 Å². The maximum atomic E-state index is 12.1. The highest BCUT2D eigenvalue weighted by molar-refractivity contribution is 5.90. The highest BCUT2D eigenvalue weighted by Gasteiger charge is 2.28. The molecule has 0 saturated heterocycles. The van der Waals surface area contributed by atoms with E-state index in [9.17, 15) is 20.0 Å². The molecule has 0 aliphatic heterocycles. The van der Waals surface area contributed by atoms with Gasteiger partial charge in [0.15, 0.2) is 0 Å². The van der Waals surface area contributed by atoms with E-state index in [1.54, 1.807) is 39.8 Å². The molecule has 0 aliphatic rings. The van der Waals surface area contributed by atoms with Crippen molar-refractivity contribution >= 4 is 17.4 Å². The molecule has 8 nitrogen and oxygen atoms in total. The number of nitrogens with one attached hydrogen (secondary N) is 2. The van der Waals surface area contributed by atoms with E-state index in [4.69, 9.17) is 4.42 Å². The first-order valence-electron chi connectivity index (χ1n) is 7.70. The molecule has 0 saturated carbocycles. The molecule has 8 heteroatoms. The van der Waals surface area contributed by atoms with Gasteiger partial charge in [0.2, 0.25) is 0 Å². The van der Waals surface area contributed by atoms with Crippen molar-refractivity contribution in [3.63, 3.8) is 0 Å². The zero-order chi connectivity index (χ0) is 18.8. The molecule has 0 unspecified atom stereocenters. The van der Waals surface area contributed by atoms with Crippen molar-refractivity contribution in [3.05, 3.63) is 57.0 Å². The van der Waals surface area contributed by atoms with Crippen LogP contribution in [0.2, 0.25) is 0 Å². The van der Waals surface area contributed by atoms with Crippen molar-refractivity contribution in [2.45, 2.75) is 33.3 Å². The predicted molar refractivity (Wildman–Crippen MR) is 92.6 cm³/mol. The van der Waals surface area contributed by atoms with E-state index >= 15 is 0 Å². The number of rotatable bonds is 5. The average molecular weight is 347 g/mol. The third-order valence-electron chi connectivity index (χ3n) is 3.89. The number of aryl methyl sites for hydroxylation is 3. The summed E-state index contributed by atoms with van der Waals surface area (Å²) in [5.74, 6) is 1.25. The number of urea groups is 1. The van der Waals surface area contributed by atoms with E-state index in [1.807, 2.05) is 0 Å². The summed E-state index contributed by atoms with van der Waals surface area (Å²) in [5, 5.41) is 26.5. The van der Waals surface area contributed by atoms with Crippen LogP contribution in [0.25, 0.3) is 0 Å². The first-order valence-corrected chi connectivity index (χ1v) is 7.70. The first kappa shape index (κ1) is 18.5. The van der Waals surface area contributed by atoms with Gasteiger partial charge in [0.25, 0.3) is 5.69 Å². The van der Waals surface area contributed by atoms with Crippen LogP contribution in [0, 0.1) is 30.9 Å². The zero-order valence-electron chi connectivity index (χ0n) is 14.5. The molecule has 0 spiro atoms. The lowest BCUT2D eigenvalue weighted by atomic mass is 9.96. The molecule has 1 heterocycles. The molecule has 0 radical (unpaired) electrons. The molecule has 0 fully saturated rings. The predicted octanol–water partition coefficient (Wildman–Crippen LogP) is 3.14. The molecular weight excluding hydrogens is 326 g/mol. The smallest absolute Gasteiger partial charge is 0.319 e. The van der Waals surface area contributed by atoms with Crippen LogP contribution in [0.3, 0.4) is 0 Å². The Morgan fingerprint density at radius 1 is 1.32 bits per heavy atom. The number of carbonyl (C=O) groups is 1. The second kappa shape index (κ2) is 6.94. The number of nitrogens with zero attached hydrogens (tertiary/aromatic N) is 1. The minimum absolute atomic E-state index is 0.0490. The van der Waals surface area contributed by atoms with Gasteiger partial charge in [-0.3, -0.25) is 10.1 Å². The molecule has 134 valence electrons. The summed E-state index contributed by atoms with van der Waals surface area (Å²) in [4.78, 5) is 22.4. The van der Waals surface area contributed by atoms with Crippen LogP contribution in [0.4, 0.5) is 16.2 Å². The Balaban J connectivity index is 2.04. The highest BCUT2D eigenvalue weighted by Crippen LogP contribution is 2.26. The third-order valence-corrected chi connectivity index (χ3v) is 3.89.